The van der Waals surface area contributed by atoms with E-state index in [9.17, 15) is 0 Å². The first-order valence-corrected chi connectivity index (χ1v) is 4.99. The van der Waals surface area contributed by atoms with Crippen LogP contribution in [0.15, 0.2) is 18.2 Å². The Kier molecular flexibility index (Phi) is 1.34. The van der Waals surface area contributed by atoms with Crippen LogP contribution in [0.25, 0.3) is 0 Å². The first-order valence-electron chi connectivity index (χ1n) is 4.99. The number of fused-ring (bicyclic) bond motifs is 2. The lowest BCUT2D eigenvalue weighted by atomic mass is 9.83. The molecule has 2 heteroatoms. The second-order valence-electron chi connectivity index (χ2n) is 4.08. The molecule has 0 unspecified atom stereocenters. The number of nitrogens with zero attached hydrogens (tertiary/aromatic N) is 1. The second kappa shape index (κ2) is 2.41. The highest BCUT2D eigenvalue weighted by atomic mass is 15.1. The van der Waals surface area contributed by atoms with Crippen molar-refractivity contribution < 1.29 is 0 Å². The summed E-state index contributed by atoms with van der Waals surface area (Å²) >= 11 is 0. The van der Waals surface area contributed by atoms with Crippen molar-refractivity contribution in [3.63, 3.8) is 0 Å². The summed E-state index contributed by atoms with van der Waals surface area (Å²) in [5.41, 5.74) is 9.59. The monoisotopic (exact) mass is 174 g/mol. The van der Waals surface area contributed by atoms with Crippen LogP contribution < -0.4 is 10.6 Å². The van der Waals surface area contributed by atoms with Crippen LogP contribution in [-0.2, 0) is 0 Å². The molecular formula is C11H14N2. The van der Waals surface area contributed by atoms with E-state index in [4.69, 9.17) is 5.73 Å². The number of anilines is 2. The van der Waals surface area contributed by atoms with Gasteiger partial charge in [-0.1, -0.05) is 6.07 Å². The third-order valence-electron chi connectivity index (χ3n) is 3.33. The number of nitrogen functional groups attached to an aromatic ring is 1. The van der Waals surface area contributed by atoms with Crippen LogP contribution in [0.2, 0.25) is 0 Å². The summed E-state index contributed by atoms with van der Waals surface area (Å²) in [7, 11) is 0. The van der Waals surface area contributed by atoms with E-state index in [1.807, 2.05) is 6.07 Å². The Balaban J connectivity index is 2.18. The Morgan fingerprint density at radius 1 is 1.23 bits per heavy atom. The zero-order chi connectivity index (χ0) is 8.84. The van der Waals surface area contributed by atoms with E-state index in [0.717, 1.165) is 11.6 Å². The van der Waals surface area contributed by atoms with Gasteiger partial charge in [0, 0.05) is 24.5 Å². The average Bonchev–Trinajstić information content (AvgIpc) is 2.19. The Labute approximate surface area is 78.3 Å². The minimum absolute atomic E-state index is 0.806. The van der Waals surface area contributed by atoms with Crippen LogP contribution in [0.3, 0.4) is 0 Å². The van der Waals surface area contributed by atoms with Gasteiger partial charge in [0.1, 0.15) is 0 Å². The maximum Gasteiger partial charge on any atom is 0.0422 e. The zero-order valence-corrected chi connectivity index (χ0v) is 7.66. The molecule has 0 saturated carbocycles. The van der Waals surface area contributed by atoms with Gasteiger partial charge in [-0.3, -0.25) is 0 Å². The highest BCUT2D eigenvalue weighted by Gasteiger charge is 2.30. The molecule has 0 spiro atoms. The van der Waals surface area contributed by atoms with Crippen molar-refractivity contribution in [2.45, 2.75) is 18.8 Å². The van der Waals surface area contributed by atoms with E-state index in [0.29, 0.717) is 0 Å². The van der Waals surface area contributed by atoms with E-state index >= 15 is 0 Å². The van der Waals surface area contributed by atoms with Gasteiger partial charge in [-0.2, -0.15) is 0 Å². The van der Waals surface area contributed by atoms with Gasteiger partial charge in [0.15, 0.2) is 0 Å². The molecule has 2 bridgehead atoms. The van der Waals surface area contributed by atoms with E-state index in [1.54, 1.807) is 0 Å². The summed E-state index contributed by atoms with van der Waals surface area (Å²) in [6.45, 7) is 2.45. The van der Waals surface area contributed by atoms with Gasteiger partial charge in [-0.05, 0) is 36.5 Å². The van der Waals surface area contributed by atoms with Gasteiger partial charge < -0.3 is 10.6 Å². The molecule has 0 amide bonds. The average molecular weight is 174 g/mol. The minimum Gasteiger partial charge on any atom is -0.399 e. The molecule has 0 aliphatic carbocycles. The Morgan fingerprint density at radius 2 is 2.00 bits per heavy atom. The molecule has 3 aliphatic rings. The van der Waals surface area contributed by atoms with Crippen LogP contribution in [0.4, 0.5) is 11.4 Å². The summed E-state index contributed by atoms with van der Waals surface area (Å²) in [4.78, 5) is 2.46. The van der Waals surface area contributed by atoms with Crippen molar-refractivity contribution in [3.05, 3.63) is 23.8 Å². The first-order chi connectivity index (χ1) is 6.34. The lowest BCUT2D eigenvalue weighted by Crippen LogP contribution is -2.38. The molecule has 0 aromatic heterocycles. The first kappa shape index (κ1) is 7.25. The zero-order valence-electron chi connectivity index (χ0n) is 7.66. The molecule has 1 aromatic rings. The molecular weight excluding hydrogens is 160 g/mol. The van der Waals surface area contributed by atoms with Crippen LogP contribution in [0.1, 0.15) is 24.3 Å². The summed E-state index contributed by atoms with van der Waals surface area (Å²) < 4.78 is 0. The van der Waals surface area contributed by atoms with Gasteiger partial charge in [-0.25, -0.2) is 0 Å². The Bertz CT molecular complexity index is 338. The van der Waals surface area contributed by atoms with Gasteiger partial charge in [0.25, 0.3) is 0 Å². The highest BCUT2D eigenvalue weighted by molar-refractivity contribution is 5.65. The molecule has 68 valence electrons. The fourth-order valence-electron chi connectivity index (χ4n) is 2.61. The van der Waals surface area contributed by atoms with E-state index in [-0.39, 0.29) is 0 Å². The summed E-state index contributed by atoms with van der Waals surface area (Å²) in [5.74, 6) is 0.806. The second-order valence-corrected chi connectivity index (χ2v) is 4.08. The molecule has 2 nitrogen and oxygen atoms in total. The van der Waals surface area contributed by atoms with Gasteiger partial charge in [0.2, 0.25) is 0 Å². The molecule has 2 N–H and O–H groups in total. The molecule has 1 fully saturated rings. The number of hydrogen-bond donors (Lipinski definition) is 1. The van der Waals surface area contributed by atoms with Gasteiger partial charge >= 0.3 is 0 Å². The Hall–Kier alpha value is -1.18. The highest BCUT2D eigenvalue weighted by Crippen LogP contribution is 2.42. The van der Waals surface area contributed by atoms with Crippen molar-refractivity contribution in [2.24, 2.45) is 0 Å². The standard InChI is InChI=1S/C11H14N2/c12-9-1-2-10-8-3-5-13(6-4-8)11(10)7-9/h1-2,7-8H,3-6,12H2. The van der Waals surface area contributed by atoms with Crippen molar-refractivity contribution >= 4 is 11.4 Å². The molecule has 4 rings (SSSR count). The van der Waals surface area contributed by atoms with Gasteiger partial charge in [-0.15, -0.1) is 0 Å². The fraction of sp³-hybridized carbons (Fsp3) is 0.455. The van der Waals surface area contributed by atoms with Crippen molar-refractivity contribution in [1.29, 1.82) is 0 Å². The maximum absolute atomic E-state index is 5.79. The van der Waals surface area contributed by atoms with Crippen LogP contribution in [0.5, 0.6) is 0 Å². The maximum atomic E-state index is 5.79. The molecule has 1 aromatic carbocycles. The molecule has 0 atom stereocenters. The minimum atomic E-state index is 0.806. The van der Waals surface area contributed by atoms with Crippen LogP contribution >= 0.6 is 0 Å². The largest absolute Gasteiger partial charge is 0.399 e. The normalized spacial score (nSPS) is 20.5. The lowest BCUT2D eigenvalue weighted by Gasteiger charge is -2.42. The van der Waals surface area contributed by atoms with E-state index in [1.165, 1.54) is 37.2 Å². The fourth-order valence-corrected chi connectivity index (χ4v) is 2.61. The molecule has 1 saturated heterocycles. The van der Waals surface area contributed by atoms with E-state index < -0.39 is 0 Å². The SMILES string of the molecule is Nc1ccc2c(c1)N1CCC2CC1. The van der Waals surface area contributed by atoms with Crippen LogP contribution in [0, 0.1) is 0 Å². The molecule has 3 aliphatic heterocycles. The third kappa shape index (κ3) is 0.947. The molecule has 0 radical (unpaired) electrons. The number of hydrogen-bond acceptors (Lipinski definition) is 2. The van der Waals surface area contributed by atoms with E-state index in [2.05, 4.69) is 17.0 Å². The topological polar surface area (TPSA) is 29.3 Å². The number of benzene rings is 1. The summed E-state index contributed by atoms with van der Waals surface area (Å²) in [6.07, 6.45) is 2.66. The number of nitrogens with two attached hydrogens (primary N) is 1. The predicted octanol–water partition coefficient (Wildman–Crippen LogP) is 1.97. The van der Waals surface area contributed by atoms with Crippen molar-refractivity contribution in [1.82, 2.24) is 0 Å². The summed E-state index contributed by atoms with van der Waals surface area (Å²) in [5, 5.41) is 0. The predicted molar refractivity (Wildman–Crippen MR) is 55.0 cm³/mol. The quantitative estimate of drug-likeness (QED) is 0.609. The van der Waals surface area contributed by atoms with Crippen LogP contribution in [-0.4, -0.2) is 13.1 Å². The lowest BCUT2D eigenvalue weighted by molar-refractivity contribution is 0.475. The van der Waals surface area contributed by atoms with Crippen molar-refractivity contribution in [2.75, 3.05) is 23.7 Å². The number of rotatable bonds is 0. The third-order valence-corrected chi connectivity index (χ3v) is 3.33. The smallest absolute Gasteiger partial charge is 0.0422 e. The molecule has 3 heterocycles. The van der Waals surface area contributed by atoms with Gasteiger partial charge in [0.05, 0.1) is 0 Å². The Morgan fingerprint density at radius 3 is 2.77 bits per heavy atom. The summed E-state index contributed by atoms with van der Waals surface area (Å²) in [6, 6.07) is 6.36. The number of piperidine rings is 1. The van der Waals surface area contributed by atoms with Crippen molar-refractivity contribution in [3.8, 4) is 0 Å². The molecule has 13 heavy (non-hydrogen) atoms.